The predicted molar refractivity (Wildman–Crippen MR) is 114 cm³/mol. The van der Waals surface area contributed by atoms with Crippen LogP contribution in [0.5, 0.6) is 5.75 Å². The summed E-state index contributed by atoms with van der Waals surface area (Å²) in [5.41, 5.74) is 6.37. The molecule has 0 aliphatic heterocycles. The number of nitrogens with two attached hydrogens (primary N) is 1. The highest BCUT2D eigenvalue weighted by atomic mass is 32.2. The molecule has 0 saturated heterocycles. The van der Waals surface area contributed by atoms with Crippen LogP contribution in [0, 0.1) is 11.6 Å². The Balaban J connectivity index is 0.000000296. The number of ether oxygens (including phenoxy) is 1. The zero-order chi connectivity index (χ0) is 22.0. The van der Waals surface area contributed by atoms with Crippen LogP contribution in [0.3, 0.4) is 0 Å². The molecule has 0 heterocycles. The standard InChI is InChI=1S/C11H13F2NOS.C9H11N3O/c1-11(2,10(15)14-3)16-9-5-4-7(12)6-8(9)13;1-11-12-9(10)7-3-5-8(13-2)6-4-7/h4-6H,1-3H3,(H,14,15);3-6H,1H2,2H3,(H2,10,12). The van der Waals surface area contributed by atoms with Gasteiger partial charge in [-0.25, -0.2) is 8.78 Å². The number of nitrogens with zero attached hydrogens (tertiary/aromatic N) is 2. The van der Waals surface area contributed by atoms with E-state index in [9.17, 15) is 13.6 Å². The smallest absolute Gasteiger partial charge is 0.235 e. The van der Waals surface area contributed by atoms with Gasteiger partial charge in [0.2, 0.25) is 5.91 Å². The van der Waals surface area contributed by atoms with Crippen molar-refractivity contribution in [3.63, 3.8) is 0 Å². The molecule has 0 radical (unpaired) electrons. The molecule has 0 aromatic heterocycles. The van der Waals surface area contributed by atoms with Gasteiger partial charge in [-0.05, 0) is 50.2 Å². The molecule has 0 spiro atoms. The van der Waals surface area contributed by atoms with Crippen LogP contribution < -0.4 is 15.8 Å². The molecule has 0 saturated carbocycles. The van der Waals surface area contributed by atoms with Crippen molar-refractivity contribution in [1.82, 2.24) is 5.32 Å². The molecule has 0 fully saturated rings. The zero-order valence-corrected chi connectivity index (χ0v) is 17.5. The van der Waals surface area contributed by atoms with Crippen molar-refractivity contribution in [2.45, 2.75) is 23.5 Å². The lowest BCUT2D eigenvalue weighted by Gasteiger charge is -2.21. The van der Waals surface area contributed by atoms with E-state index in [2.05, 4.69) is 22.2 Å². The van der Waals surface area contributed by atoms with Gasteiger partial charge in [-0.1, -0.05) is 0 Å². The summed E-state index contributed by atoms with van der Waals surface area (Å²) in [6.07, 6.45) is 0. The van der Waals surface area contributed by atoms with Crippen LogP contribution in [0.15, 0.2) is 57.6 Å². The average molecular weight is 423 g/mol. The lowest BCUT2D eigenvalue weighted by Crippen LogP contribution is -2.37. The fourth-order valence-corrected chi connectivity index (χ4v) is 3.11. The molecule has 2 aromatic rings. The Labute approximate surface area is 173 Å². The van der Waals surface area contributed by atoms with Gasteiger partial charge in [-0.15, -0.1) is 16.9 Å². The highest BCUT2D eigenvalue weighted by Gasteiger charge is 2.29. The number of amidine groups is 1. The number of benzene rings is 2. The van der Waals surface area contributed by atoms with Gasteiger partial charge in [0, 0.05) is 30.3 Å². The van der Waals surface area contributed by atoms with Crippen molar-refractivity contribution < 1.29 is 18.3 Å². The summed E-state index contributed by atoms with van der Waals surface area (Å²) in [5.74, 6) is -0.358. The fraction of sp³-hybridized carbons (Fsp3) is 0.250. The predicted octanol–water partition coefficient (Wildman–Crippen LogP) is 3.60. The maximum atomic E-state index is 13.4. The first kappa shape index (κ1) is 24.1. The number of carbonyl (C=O) groups excluding carboxylic acids is 1. The van der Waals surface area contributed by atoms with Gasteiger partial charge in [-0.3, -0.25) is 4.79 Å². The number of methoxy groups -OCH3 is 1. The molecule has 0 aliphatic carbocycles. The summed E-state index contributed by atoms with van der Waals surface area (Å²) in [7, 11) is 3.13. The number of amides is 1. The molecular formula is C20H24F2N4O2S. The van der Waals surface area contributed by atoms with E-state index in [1.807, 2.05) is 12.1 Å². The van der Waals surface area contributed by atoms with Crippen LogP contribution in [0.25, 0.3) is 0 Å². The van der Waals surface area contributed by atoms with Crippen molar-refractivity contribution >= 4 is 30.2 Å². The normalized spacial score (nSPS) is 11.2. The van der Waals surface area contributed by atoms with E-state index in [0.717, 1.165) is 29.1 Å². The topological polar surface area (TPSA) is 89.1 Å². The highest BCUT2D eigenvalue weighted by molar-refractivity contribution is 8.01. The highest BCUT2D eigenvalue weighted by Crippen LogP contribution is 2.34. The van der Waals surface area contributed by atoms with E-state index in [0.29, 0.717) is 5.84 Å². The first-order chi connectivity index (χ1) is 13.6. The first-order valence-corrected chi connectivity index (χ1v) is 9.26. The van der Waals surface area contributed by atoms with Crippen molar-refractivity contribution in [1.29, 1.82) is 0 Å². The van der Waals surface area contributed by atoms with E-state index >= 15 is 0 Å². The largest absolute Gasteiger partial charge is 0.497 e. The summed E-state index contributed by atoms with van der Waals surface area (Å²) < 4.78 is 30.2. The van der Waals surface area contributed by atoms with Crippen LogP contribution in [0.2, 0.25) is 0 Å². The molecule has 0 aliphatic rings. The molecule has 29 heavy (non-hydrogen) atoms. The van der Waals surface area contributed by atoms with Crippen molar-refractivity contribution in [3.8, 4) is 5.75 Å². The van der Waals surface area contributed by atoms with Crippen LogP contribution in [-0.2, 0) is 4.79 Å². The minimum Gasteiger partial charge on any atom is -0.497 e. The lowest BCUT2D eigenvalue weighted by atomic mass is 10.2. The van der Waals surface area contributed by atoms with E-state index in [1.165, 1.54) is 19.2 Å². The Hall–Kier alpha value is -2.94. The van der Waals surface area contributed by atoms with Crippen molar-refractivity contribution in [2.24, 2.45) is 15.9 Å². The molecule has 0 atom stereocenters. The number of hydrogen-bond donors (Lipinski definition) is 2. The van der Waals surface area contributed by atoms with Crippen molar-refractivity contribution in [3.05, 3.63) is 59.7 Å². The summed E-state index contributed by atoms with van der Waals surface area (Å²) in [6, 6.07) is 10.5. The summed E-state index contributed by atoms with van der Waals surface area (Å²) in [6.45, 7) is 6.58. The van der Waals surface area contributed by atoms with Gasteiger partial charge < -0.3 is 15.8 Å². The molecule has 0 bridgehead atoms. The number of halogens is 2. The maximum Gasteiger partial charge on any atom is 0.235 e. The third-order valence-corrected chi connectivity index (χ3v) is 4.84. The third-order valence-electron chi connectivity index (χ3n) is 3.60. The van der Waals surface area contributed by atoms with Crippen LogP contribution in [-0.4, -0.2) is 37.4 Å². The Morgan fingerprint density at radius 2 is 1.83 bits per heavy atom. The molecule has 3 N–H and O–H groups in total. The van der Waals surface area contributed by atoms with Crippen molar-refractivity contribution in [2.75, 3.05) is 14.2 Å². The van der Waals surface area contributed by atoms with Crippen LogP contribution in [0.4, 0.5) is 8.78 Å². The zero-order valence-electron chi connectivity index (χ0n) is 16.7. The Morgan fingerprint density at radius 1 is 1.21 bits per heavy atom. The van der Waals surface area contributed by atoms with Gasteiger partial charge in [0.25, 0.3) is 0 Å². The van der Waals surface area contributed by atoms with Crippen LogP contribution >= 0.6 is 11.8 Å². The Kier molecular flexibility index (Phi) is 9.27. The molecule has 156 valence electrons. The monoisotopic (exact) mass is 422 g/mol. The van der Waals surface area contributed by atoms with Gasteiger partial charge in [-0.2, -0.15) is 5.10 Å². The lowest BCUT2D eigenvalue weighted by molar-refractivity contribution is -0.122. The van der Waals surface area contributed by atoms with Gasteiger partial charge >= 0.3 is 0 Å². The fourth-order valence-electron chi connectivity index (χ4n) is 2.08. The minimum atomic E-state index is -0.798. The Morgan fingerprint density at radius 3 is 2.31 bits per heavy atom. The summed E-state index contributed by atoms with van der Waals surface area (Å²) in [4.78, 5) is 11.7. The van der Waals surface area contributed by atoms with Gasteiger partial charge in [0.05, 0.1) is 11.9 Å². The van der Waals surface area contributed by atoms with E-state index < -0.39 is 16.4 Å². The summed E-state index contributed by atoms with van der Waals surface area (Å²) in [5, 5.41) is 9.45. The van der Waals surface area contributed by atoms with Gasteiger partial charge in [0.1, 0.15) is 17.4 Å². The number of hydrogen-bond acceptors (Lipinski definition) is 5. The third kappa shape index (κ3) is 7.53. The second-order valence-corrected chi connectivity index (χ2v) is 7.79. The maximum absolute atomic E-state index is 13.4. The minimum absolute atomic E-state index is 0.207. The number of thioether (sulfide) groups is 1. The average Bonchev–Trinajstić information content (AvgIpc) is 2.70. The number of carbonyl (C=O) groups is 1. The molecular weight excluding hydrogens is 398 g/mol. The molecule has 2 aromatic carbocycles. The summed E-state index contributed by atoms with van der Waals surface area (Å²) >= 11 is 1.06. The van der Waals surface area contributed by atoms with E-state index in [1.54, 1.807) is 33.1 Å². The quantitative estimate of drug-likeness (QED) is 0.322. The first-order valence-electron chi connectivity index (χ1n) is 8.44. The second-order valence-electron chi connectivity index (χ2n) is 6.12. The Bertz CT molecular complexity index is 871. The van der Waals surface area contributed by atoms with Gasteiger partial charge in [0.15, 0.2) is 5.84 Å². The molecule has 1 amide bonds. The number of rotatable bonds is 6. The molecule has 0 unspecified atom stereocenters. The van der Waals surface area contributed by atoms with Crippen LogP contribution in [0.1, 0.15) is 19.4 Å². The van der Waals surface area contributed by atoms with E-state index in [4.69, 9.17) is 10.5 Å². The molecule has 2 rings (SSSR count). The SMILES string of the molecule is C=N/N=C(\N)c1ccc(OC)cc1.CNC(=O)C(C)(C)Sc1ccc(F)cc1F. The second kappa shape index (κ2) is 11.2. The molecule has 9 heteroatoms. The number of nitrogens with one attached hydrogen (secondary N) is 1. The molecule has 6 nitrogen and oxygen atoms in total. The van der Waals surface area contributed by atoms with E-state index in [-0.39, 0.29) is 10.8 Å².